The summed E-state index contributed by atoms with van der Waals surface area (Å²) in [5.41, 5.74) is 6.68. The van der Waals surface area contributed by atoms with Gasteiger partial charge in [-0.2, -0.15) is 0 Å². The Bertz CT molecular complexity index is 178. The van der Waals surface area contributed by atoms with Crippen LogP contribution in [0.5, 0.6) is 0 Å². The van der Waals surface area contributed by atoms with Crippen LogP contribution < -0.4 is 5.73 Å². The standard InChI is InChI=1S/C9H15NO/c1-8-3-2-4-9(6-5-8)11-7-10/h5-6H,2-4,7,10H2,1H3. The lowest BCUT2D eigenvalue weighted by molar-refractivity contribution is 0.210. The van der Waals surface area contributed by atoms with E-state index >= 15 is 0 Å². The molecule has 0 bridgehead atoms. The molecule has 2 nitrogen and oxygen atoms in total. The average molecular weight is 153 g/mol. The quantitative estimate of drug-likeness (QED) is 0.615. The van der Waals surface area contributed by atoms with Crippen molar-refractivity contribution in [1.82, 2.24) is 0 Å². The van der Waals surface area contributed by atoms with Crippen LogP contribution in [0.3, 0.4) is 0 Å². The second kappa shape index (κ2) is 4.19. The molecule has 62 valence electrons. The molecule has 0 fully saturated rings. The Morgan fingerprint density at radius 3 is 3.00 bits per heavy atom. The molecule has 0 aromatic heterocycles. The molecular weight excluding hydrogens is 138 g/mol. The summed E-state index contributed by atoms with van der Waals surface area (Å²) in [6.07, 6.45) is 7.50. The van der Waals surface area contributed by atoms with E-state index in [9.17, 15) is 0 Å². The lowest BCUT2D eigenvalue weighted by atomic mass is 10.1. The van der Waals surface area contributed by atoms with E-state index < -0.39 is 0 Å². The summed E-state index contributed by atoms with van der Waals surface area (Å²) in [7, 11) is 0. The Kier molecular flexibility index (Phi) is 3.17. The minimum atomic E-state index is 0.290. The highest BCUT2D eigenvalue weighted by Crippen LogP contribution is 2.17. The monoisotopic (exact) mass is 153 g/mol. The Morgan fingerprint density at radius 2 is 2.27 bits per heavy atom. The van der Waals surface area contributed by atoms with Crippen molar-refractivity contribution in [2.24, 2.45) is 5.73 Å². The second-order valence-corrected chi connectivity index (χ2v) is 2.81. The summed E-state index contributed by atoms with van der Waals surface area (Å²) >= 11 is 0. The second-order valence-electron chi connectivity index (χ2n) is 2.81. The zero-order valence-corrected chi connectivity index (χ0v) is 6.97. The maximum atomic E-state index is 5.26. The van der Waals surface area contributed by atoms with Crippen molar-refractivity contribution < 1.29 is 4.74 Å². The van der Waals surface area contributed by atoms with E-state index in [0.717, 1.165) is 12.2 Å². The molecule has 0 radical (unpaired) electrons. The van der Waals surface area contributed by atoms with Crippen LogP contribution in [-0.2, 0) is 4.74 Å². The fourth-order valence-electron chi connectivity index (χ4n) is 1.17. The van der Waals surface area contributed by atoms with Crippen LogP contribution in [0.4, 0.5) is 0 Å². The first-order valence-corrected chi connectivity index (χ1v) is 4.02. The molecule has 0 aromatic carbocycles. The van der Waals surface area contributed by atoms with Crippen molar-refractivity contribution in [3.8, 4) is 0 Å². The normalized spacial score (nSPS) is 18.4. The van der Waals surface area contributed by atoms with Gasteiger partial charge in [-0.05, 0) is 25.8 Å². The highest BCUT2D eigenvalue weighted by Gasteiger charge is 2.01. The summed E-state index contributed by atoms with van der Waals surface area (Å²) in [4.78, 5) is 0. The van der Waals surface area contributed by atoms with Gasteiger partial charge in [0.25, 0.3) is 0 Å². The Labute approximate surface area is 67.7 Å². The first kappa shape index (κ1) is 8.34. The molecule has 0 amide bonds. The van der Waals surface area contributed by atoms with Crippen molar-refractivity contribution >= 4 is 0 Å². The zero-order valence-electron chi connectivity index (χ0n) is 6.97. The third kappa shape index (κ3) is 2.76. The lowest BCUT2D eigenvalue weighted by Crippen LogP contribution is -2.03. The Balaban J connectivity index is 2.52. The largest absolute Gasteiger partial charge is 0.483 e. The predicted molar refractivity (Wildman–Crippen MR) is 45.8 cm³/mol. The van der Waals surface area contributed by atoms with Crippen LogP contribution in [0.1, 0.15) is 26.2 Å². The number of hydrogen-bond acceptors (Lipinski definition) is 2. The van der Waals surface area contributed by atoms with Gasteiger partial charge in [0.15, 0.2) is 0 Å². The van der Waals surface area contributed by atoms with Gasteiger partial charge in [0.05, 0.1) is 5.76 Å². The Morgan fingerprint density at radius 1 is 1.45 bits per heavy atom. The molecule has 2 N–H and O–H groups in total. The van der Waals surface area contributed by atoms with Crippen molar-refractivity contribution in [2.45, 2.75) is 26.2 Å². The van der Waals surface area contributed by atoms with Crippen LogP contribution in [0.2, 0.25) is 0 Å². The fourth-order valence-corrected chi connectivity index (χ4v) is 1.17. The predicted octanol–water partition coefficient (Wildman–Crippen LogP) is 1.93. The lowest BCUT2D eigenvalue weighted by Gasteiger charge is -2.04. The van der Waals surface area contributed by atoms with E-state index in [1.165, 1.54) is 18.4 Å². The van der Waals surface area contributed by atoms with Gasteiger partial charge in [-0.25, -0.2) is 0 Å². The number of nitrogens with two attached hydrogens (primary N) is 1. The third-order valence-corrected chi connectivity index (χ3v) is 1.82. The molecule has 0 saturated heterocycles. The topological polar surface area (TPSA) is 35.2 Å². The fraction of sp³-hybridized carbons (Fsp3) is 0.556. The van der Waals surface area contributed by atoms with Crippen LogP contribution in [0, 0.1) is 0 Å². The molecule has 0 saturated carbocycles. The minimum absolute atomic E-state index is 0.290. The molecule has 0 aliphatic heterocycles. The van der Waals surface area contributed by atoms with Crippen LogP contribution in [0.15, 0.2) is 23.5 Å². The summed E-state index contributed by atoms with van der Waals surface area (Å²) in [5.74, 6) is 1.02. The van der Waals surface area contributed by atoms with Gasteiger partial charge >= 0.3 is 0 Å². The van der Waals surface area contributed by atoms with Crippen molar-refractivity contribution in [3.05, 3.63) is 23.5 Å². The van der Waals surface area contributed by atoms with Gasteiger partial charge in [-0.1, -0.05) is 11.6 Å². The summed E-state index contributed by atoms with van der Waals surface area (Å²) in [5, 5.41) is 0. The van der Waals surface area contributed by atoms with Crippen LogP contribution >= 0.6 is 0 Å². The van der Waals surface area contributed by atoms with Gasteiger partial charge in [0.2, 0.25) is 0 Å². The van der Waals surface area contributed by atoms with Crippen LogP contribution in [0.25, 0.3) is 0 Å². The molecule has 0 unspecified atom stereocenters. The summed E-state index contributed by atoms with van der Waals surface area (Å²) in [6, 6.07) is 0. The van der Waals surface area contributed by atoms with E-state index in [-0.39, 0.29) is 0 Å². The number of rotatable bonds is 2. The van der Waals surface area contributed by atoms with E-state index in [1.54, 1.807) is 0 Å². The molecule has 2 heteroatoms. The maximum absolute atomic E-state index is 5.26. The number of allylic oxidation sites excluding steroid dienone is 4. The maximum Gasteiger partial charge on any atom is 0.136 e. The van der Waals surface area contributed by atoms with Crippen molar-refractivity contribution in [2.75, 3.05) is 6.73 Å². The third-order valence-electron chi connectivity index (χ3n) is 1.82. The van der Waals surface area contributed by atoms with Gasteiger partial charge in [0.1, 0.15) is 6.73 Å². The molecule has 1 rings (SSSR count). The van der Waals surface area contributed by atoms with Gasteiger partial charge in [-0.15, -0.1) is 0 Å². The Hall–Kier alpha value is -0.760. The molecule has 0 atom stereocenters. The summed E-state index contributed by atoms with van der Waals surface area (Å²) < 4.78 is 5.21. The molecule has 1 aliphatic rings. The number of hydrogen-bond donors (Lipinski definition) is 1. The van der Waals surface area contributed by atoms with Crippen molar-refractivity contribution in [1.29, 1.82) is 0 Å². The van der Waals surface area contributed by atoms with E-state index in [4.69, 9.17) is 10.5 Å². The first-order valence-electron chi connectivity index (χ1n) is 4.02. The zero-order chi connectivity index (χ0) is 8.10. The highest BCUT2D eigenvalue weighted by molar-refractivity contribution is 5.16. The molecule has 0 spiro atoms. The molecular formula is C9H15NO. The molecule has 1 aliphatic carbocycles. The highest BCUT2D eigenvalue weighted by atomic mass is 16.5. The smallest absolute Gasteiger partial charge is 0.136 e. The van der Waals surface area contributed by atoms with Gasteiger partial charge < -0.3 is 4.74 Å². The van der Waals surface area contributed by atoms with E-state index in [2.05, 4.69) is 13.0 Å². The molecule has 0 heterocycles. The summed E-state index contributed by atoms with van der Waals surface area (Å²) in [6.45, 7) is 2.43. The first-order chi connectivity index (χ1) is 5.33. The molecule has 11 heavy (non-hydrogen) atoms. The number of ether oxygens (including phenoxy) is 1. The SMILES string of the molecule is CC1=CC=C(OCN)CCC1. The van der Waals surface area contributed by atoms with E-state index in [1.807, 2.05) is 6.08 Å². The van der Waals surface area contributed by atoms with Crippen LogP contribution in [-0.4, -0.2) is 6.73 Å². The van der Waals surface area contributed by atoms with Gasteiger partial charge in [-0.3, -0.25) is 5.73 Å². The van der Waals surface area contributed by atoms with Gasteiger partial charge in [0, 0.05) is 6.42 Å². The molecule has 0 aromatic rings. The van der Waals surface area contributed by atoms with Crippen molar-refractivity contribution in [3.63, 3.8) is 0 Å². The minimum Gasteiger partial charge on any atom is -0.483 e. The van der Waals surface area contributed by atoms with E-state index in [0.29, 0.717) is 6.73 Å². The average Bonchev–Trinajstić information content (AvgIpc) is 2.17.